The minimum Gasteiger partial charge on any atom is -1.00 e. The van der Waals surface area contributed by atoms with Crippen LogP contribution < -0.4 is 48.3 Å². The number of halogens is 3. The normalized spacial score (nSPS) is 18.1. The van der Waals surface area contributed by atoms with Gasteiger partial charge in [-0.05, 0) is 51.7 Å². The molecule has 2 aliphatic heterocycles. The summed E-state index contributed by atoms with van der Waals surface area (Å²) in [6, 6.07) is 5.99. The van der Waals surface area contributed by atoms with Crippen LogP contribution in [-0.2, 0) is 18.6 Å². The van der Waals surface area contributed by atoms with E-state index in [0.717, 1.165) is 49.0 Å². The minimum absolute atomic E-state index is 0. The molecule has 168 valence electrons. The molecule has 0 saturated carbocycles. The predicted molar refractivity (Wildman–Crippen MR) is 106 cm³/mol. The van der Waals surface area contributed by atoms with Gasteiger partial charge < -0.3 is 37.2 Å². The van der Waals surface area contributed by atoms with E-state index < -0.39 is 0 Å². The quantitative estimate of drug-likeness (QED) is 0.292. The van der Waals surface area contributed by atoms with Gasteiger partial charge in [0.2, 0.25) is 0 Å². The Balaban J connectivity index is 0. The van der Waals surface area contributed by atoms with E-state index in [0.29, 0.717) is 0 Å². The maximum Gasteiger partial charge on any atom is 3.00 e. The van der Waals surface area contributed by atoms with Crippen molar-refractivity contribution < 1.29 is 55.8 Å². The molecule has 0 aromatic carbocycles. The number of hydrogen-bond donors (Lipinski definition) is 2. The van der Waals surface area contributed by atoms with E-state index in [1.54, 1.807) is 0 Å². The average molecular weight is 515 g/mol. The monoisotopic (exact) mass is 513 g/mol. The van der Waals surface area contributed by atoms with Gasteiger partial charge in [-0.2, -0.15) is 10.2 Å². The maximum atomic E-state index is 4.72. The van der Waals surface area contributed by atoms with E-state index in [9.17, 15) is 0 Å². The molecule has 1 aromatic heterocycles. The van der Waals surface area contributed by atoms with Crippen molar-refractivity contribution in [3.8, 4) is 0 Å². The Labute approximate surface area is 211 Å². The van der Waals surface area contributed by atoms with Gasteiger partial charge in [0.1, 0.15) is 0 Å². The smallest absolute Gasteiger partial charge is 1.00 e. The number of hydrazine groups is 2. The molecule has 0 radical (unpaired) electrons. The van der Waals surface area contributed by atoms with E-state index in [4.69, 9.17) is 4.98 Å². The van der Waals surface area contributed by atoms with E-state index in [1.165, 1.54) is 38.5 Å². The fraction of sp³-hybridized carbons (Fsp3) is 0.632. The van der Waals surface area contributed by atoms with Crippen molar-refractivity contribution in [3.63, 3.8) is 0 Å². The molecule has 2 fully saturated rings. The molecule has 0 amide bonds. The van der Waals surface area contributed by atoms with Crippen LogP contribution in [0.25, 0.3) is 0 Å². The summed E-state index contributed by atoms with van der Waals surface area (Å²) in [5.41, 5.74) is 9.85. The van der Waals surface area contributed by atoms with Gasteiger partial charge in [0.15, 0.2) is 0 Å². The molecule has 2 N–H and O–H groups in total. The molecule has 3 heterocycles. The van der Waals surface area contributed by atoms with Crippen LogP contribution in [-0.4, -0.2) is 52.6 Å². The van der Waals surface area contributed by atoms with Gasteiger partial charge in [0.05, 0.1) is 22.8 Å². The van der Waals surface area contributed by atoms with Gasteiger partial charge in [0, 0.05) is 26.2 Å². The second-order valence-corrected chi connectivity index (χ2v) is 7.10. The number of nitrogens with zero attached hydrogens (tertiary/aromatic N) is 5. The Kier molecular flexibility index (Phi) is 18.0. The Morgan fingerprint density at radius 1 is 0.733 bits per heavy atom. The van der Waals surface area contributed by atoms with Crippen LogP contribution in [0.3, 0.4) is 0 Å². The topological polar surface area (TPSA) is 68.2 Å². The number of pyridine rings is 1. The molecule has 0 unspecified atom stereocenters. The van der Waals surface area contributed by atoms with Crippen molar-refractivity contribution in [1.29, 1.82) is 0 Å². The standard InChI is InChI=1S/C19H31N7.3ClH.V/c1-16(21-23-25-12-5-3-6-13-25)18-10-9-11-19(20-18)17(2)22-24-26-14-7-4-8-15-26;;;;/h9-11,23-24H,3-8,12-15H2,1-2H3;3*1H;/q;;;;+3/p-3. The first-order chi connectivity index (χ1) is 12.7. The molecule has 7 nitrogen and oxygen atoms in total. The Morgan fingerprint density at radius 3 is 1.47 bits per heavy atom. The average Bonchev–Trinajstić information content (AvgIpc) is 2.72. The van der Waals surface area contributed by atoms with Gasteiger partial charge in [-0.1, -0.05) is 18.9 Å². The van der Waals surface area contributed by atoms with Crippen molar-refractivity contribution in [2.75, 3.05) is 26.2 Å². The fourth-order valence-electron chi connectivity index (χ4n) is 3.23. The largest absolute Gasteiger partial charge is 3.00 e. The van der Waals surface area contributed by atoms with Crippen LogP contribution in [0.2, 0.25) is 0 Å². The van der Waals surface area contributed by atoms with E-state index in [1.807, 2.05) is 32.0 Å². The molecule has 3 rings (SSSR count). The summed E-state index contributed by atoms with van der Waals surface area (Å²) in [4.78, 5) is 4.72. The van der Waals surface area contributed by atoms with Crippen molar-refractivity contribution in [1.82, 2.24) is 26.1 Å². The molecule has 0 aliphatic carbocycles. The minimum atomic E-state index is 0. The molecule has 30 heavy (non-hydrogen) atoms. The molecule has 2 saturated heterocycles. The summed E-state index contributed by atoms with van der Waals surface area (Å²) in [5.74, 6) is 0. The van der Waals surface area contributed by atoms with Crippen LogP contribution in [0, 0.1) is 0 Å². The summed E-state index contributed by atoms with van der Waals surface area (Å²) in [7, 11) is 0. The third kappa shape index (κ3) is 10.2. The van der Waals surface area contributed by atoms with Crippen molar-refractivity contribution in [3.05, 3.63) is 29.6 Å². The molecule has 11 heteroatoms. The first-order valence-electron chi connectivity index (χ1n) is 9.80. The molecule has 0 atom stereocenters. The number of aromatic nitrogens is 1. The second kappa shape index (κ2) is 17.1. The van der Waals surface area contributed by atoms with Gasteiger partial charge in [-0.3, -0.25) is 0 Å². The Hall–Kier alpha value is -0.536. The van der Waals surface area contributed by atoms with Gasteiger partial charge in [0.25, 0.3) is 0 Å². The summed E-state index contributed by atoms with van der Waals surface area (Å²) >= 11 is 0. The van der Waals surface area contributed by atoms with Crippen LogP contribution in [0.15, 0.2) is 28.4 Å². The number of piperidine rings is 2. The van der Waals surface area contributed by atoms with E-state index >= 15 is 0 Å². The maximum absolute atomic E-state index is 4.72. The predicted octanol–water partition coefficient (Wildman–Crippen LogP) is -6.48. The molecule has 0 bridgehead atoms. The summed E-state index contributed by atoms with van der Waals surface area (Å²) in [6.45, 7) is 8.19. The van der Waals surface area contributed by atoms with E-state index in [-0.39, 0.29) is 55.8 Å². The van der Waals surface area contributed by atoms with Crippen LogP contribution in [0.5, 0.6) is 0 Å². The number of hydrazone groups is 2. The molecular weight excluding hydrogens is 484 g/mol. The van der Waals surface area contributed by atoms with Crippen molar-refractivity contribution >= 4 is 11.4 Å². The molecule has 2 aliphatic rings. The zero-order valence-corrected chi connectivity index (χ0v) is 21.3. The summed E-state index contributed by atoms with van der Waals surface area (Å²) in [6.07, 6.45) is 7.55. The van der Waals surface area contributed by atoms with Crippen LogP contribution in [0.4, 0.5) is 0 Å². The van der Waals surface area contributed by atoms with Crippen molar-refractivity contribution in [2.45, 2.75) is 52.4 Å². The number of rotatable bonds is 6. The number of hydrogen-bond acceptors (Lipinski definition) is 7. The first kappa shape index (κ1) is 31.6. The number of nitrogens with one attached hydrogen (secondary N) is 2. The van der Waals surface area contributed by atoms with Gasteiger partial charge in [-0.15, -0.1) is 0 Å². The molecule has 1 aromatic rings. The first-order valence-corrected chi connectivity index (χ1v) is 9.80. The molecular formula is C19H31Cl3N7V. The third-order valence-corrected chi connectivity index (χ3v) is 4.92. The van der Waals surface area contributed by atoms with Crippen LogP contribution in [0.1, 0.15) is 63.8 Å². The fourth-order valence-corrected chi connectivity index (χ4v) is 3.23. The van der Waals surface area contributed by atoms with Crippen molar-refractivity contribution in [2.24, 2.45) is 10.2 Å². The van der Waals surface area contributed by atoms with Crippen LogP contribution >= 0.6 is 0 Å². The summed E-state index contributed by atoms with van der Waals surface area (Å²) in [5, 5.41) is 13.4. The van der Waals surface area contributed by atoms with E-state index in [2.05, 4.69) is 31.3 Å². The van der Waals surface area contributed by atoms with Gasteiger partial charge >= 0.3 is 18.6 Å². The summed E-state index contributed by atoms with van der Waals surface area (Å²) < 4.78 is 0. The van der Waals surface area contributed by atoms with Gasteiger partial charge in [-0.25, -0.2) is 26.1 Å². The third-order valence-electron chi connectivity index (χ3n) is 4.92. The molecule has 0 spiro atoms. The SMILES string of the molecule is CC(=NNN1CCCCC1)c1cccc(C(C)=NNN2CCCCC2)n1.[Cl-].[Cl-].[Cl-].[V+3]. The zero-order valence-electron chi connectivity index (χ0n) is 17.6. The second-order valence-electron chi connectivity index (χ2n) is 7.10. The Morgan fingerprint density at radius 2 is 1.10 bits per heavy atom. The Bertz CT molecular complexity index is 598. The zero-order chi connectivity index (χ0) is 18.2.